The minimum Gasteiger partial charge on any atom is -0.444 e. The molecule has 212 valence electrons. The summed E-state index contributed by atoms with van der Waals surface area (Å²) in [7, 11) is 1.73. The number of halogens is 2. The van der Waals surface area contributed by atoms with Gasteiger partial charge in [0, 0.05) is 30.7 Å². The molecule has 0 aliphatic heterocycles. The summed E-state index contributed by atoms with van der Waals surface area (Å²) < 4.78 is 37.0. The highest BCUT2D eigenvalue weighted by atomic mass is 19.3. The van der Waals surface area contributed by atoms with Gasteiger partial charge in [0.2, 0.25) is 0 Å². The SMILES string of the molecule is Cn1nc(-c2cnc3[nH]cc(C(=O)NC4CCC(NC(=O)OC(C)(C)C)CC4)c3n2)c2cc(OC(F)F)ccc21. The van der Waals surface area contributed by atoms with Crippen LogP contribution in [0.25, 0.3) is 33.5 Å². The maximum atomic E-state index is 13.2. The number of alkyl halides is 2. The quantitative estimate of drug-likeness (QED) is 0.314. The summed E-state index contributed by atoms with van der Waals surface area (Å²) in [6, 6.07) is 4.50. The van der Waals surface area contributed by atoms with E-state index in [1.807, 2.05) is 20.8 Å². The molecule has 40 heavy (non-hydrogen) atoms. The first-order chi connectivity index (χ1) is 19.0. The van der Waals surface area contributed by atoms with Crippen molar-refractivity contribution in [2.75, 3.05) is 0 Å². The molecular formula is C27H31F2N7O4. The van der Waals surface area contributed by atoms with Crippen molar-refractivity contribution in [1.29, 1.82) is 0 Å². The third kappa shape index (κ3) is 5.97. The van der Waals surface area contributed by atoms with Crippen molar-refractivity contribution in [2.45, 2.75) is 70.8 Å². The number of alkyl carbamates (subject to hydrolysis) is 1. The highest BCUT2D eigenvalue weighted by Gasteiger charge is 2.27. The number of carbonyl (C=O) groups is 2. The minimum atomic E-state index is -2.95. The number of ether oxygens (including phenoxy) is 2. The molecule has 3 N–H and O–H groups in total. The van der Waals surface area contributed by atoms with E-state index in [2.05, 4.69) is 35.4 Å². The second-order valence-corrected chi connectivity index (χ2v) is 10.9. The van der Waals surface area contributed by atoms with Crippen molar-refractivity contribution < 1.29 is 27.8 Å². The molecule has 0 unspecified atom stereocenters. The number of rotatable bonds is 6. The van der Waals surface area contributed by atoms with Crippen LogP contribution in [0, 0.1) is 0 Å². The molecule has 11 nitrogen and oxygen atoms in total. The fourth-order valence-corrected chi connectivity index (χ4v) is 4.91. The summed E-state index contributed by atoms with van der Waals surface area (Å²) in [6.07, 6.45) is 5.47. The molecule has 1 aliphatic rings. The third-order valence-corrected chi connectivity index (χ3v) is 6.70. The number of benzene rings is 1. The molecule has 0 atom stereocenters. The first kappa shape index (κ1) is 27.3. The van der Waals surface area contributed by atoms with Crippen molar-refractivity contribution in [2.24, 2.45) is 7.05 Å². The van der Waals surface area contributed by atoms with Crippen molar-refractivity contribution >= 4 is 34.1 Å². The standard InChI is InChI=1S/C27H31F2N7O4/c1-27(2,3)40-26(38)33-15-7-5-14(6-8-15)32-24(37)18-12-30-23-22(18)34-19(13-31-23)21-17-11-16(39-25(28)29)9-10-20(17)36(4)35-21/h9-15,25H,5-8H2,1-4H3,(H,30,31)(H,32,37)(H,33,38). The smallest absolute Gasteiger partial charge is 0.407 e. The number of H-pyrrole nitrogens is 1. The fraction of sp³-hybridized carbons (Fsp3) is 0.444. The summed E-state index contributed by atoms with van der Waals surface area (Å²) in [5.74, 6) is -0.289. The number of aryl methyl sites for hydroxylation is 1. The van der Waals surface area contributed by atoms with E-state index >= 15 is 0 Å². The summed E-state index contributed by atoms with van der Waals surface area (Å²) in [4.78, 5) is 37.3. The Morgan fingerprint density at radius 2 is 1.82 bits per heavy atom. The van der Waals surface area contributed by atoms with Crippen LogP contribution in [0.1, 0.15) is 56.8 Å². The highest BCUT2D eigenvalue weighted by molar-refractivity contribution is 6.05. The summed E-state index contributed by atoms with van der Waals surface area (Å²) in [5, 5.41) is 11.0. The topological polar surface area (TPSA) is 136 Å². The Kier molecular flexibility index (Phi) is 7.30. The lowest BCUT2D eigenvalue weighted by atomic mass is 9.91. The number of fused-ring (bicyclic) bond motifs is 2. The normalized spacial score (nSPS) is 17.8. The van der Waals surface area contributed by atoms with Crippen LogP contribution >= 0.6 is 0 Å². The highest BCUT2D eigenvalue weighted by Crippen LogP contribution is 2.31. The molecule has 3 aromatic heterocycles. The Balaban J connectivity index is 1.30. The number of aromatic nitrogens is 5. The van der Waals surface area contributed by atoms with Crippen LogP contribution in [0.15, 0.2) is 30.6 Å². The molecule has 1 aliphatic carbocycles. The molecule has 0 radical (unpaired) electrons. The van der Waals surface area contributed by atoms with E-state index in [0.717, 1.165) is 0 Å². The average molecular weight is 556 g/mol. The van der Waals surface area contributed by atoms with Crippen molar-refractivity contribution in [3.63, 3.8) is 0 Å². The van der Waals surface area contributed by atoms with E-state index in [1.54, 1.807) is 24.0 Å². The molecule has 4 aromatic rings. The Labute approximate surface area is 228 Å². The second-order valence-electron chi connectivity index (χ2n) is 10.9. The lowest BCUT2D eigenvalue weighted by Gasteiger charge is -2.30. The van der Waals surface area contributed by atoms with Crippen LogP contribution in [-0.4, -0.2) is 61.0 Å². The molecule has 1 aromatic carbocycles. The molecule has 1 saturated carbocycles. The van der Waals surface area contributed by atoms with Gasteiger partial charge in [0.05, 0.1) is 17.3 Å². The van der Waals surface area contributed by atoms with Gasteiger partial charge in [0.1, 0.15) is 28.3 Å². The Hall–Kier alpha value is -4.29. The van der Waals surface area contributed by atoms with E-state index in [4.69, 9.17) is 4.74 Å². The molecule has 2 amide bonds. The van der Waals surface area contributed by atoms with Gasteiger partial charge in [-0.05, 0) is 64.7 Å². The van der Waals surface area contributed by atoms with Gasteiger partial charge in [-0.25, -0.2) is 14.8 Å². The summed E-state index contributed by atoms with van der Waals surface area (Å²) >= 11 is 0. The lowest BCUT2D eigenvalue weighted by Crippen LogP contribution is -2.45. The largest absolute Gasteiger partial charge is 0.444 e. The summed E-state index contributed by atoms with van der Waals surface area (Å²) in [5.41, 5.74) is 2.08. The first-order valence-electron chi connectivity index (χ1n) is 13.0. The molecule has 3 heterocycles. The molecule has 0 bridgehead atoms. The lowest BCUT2D eigenvalue weighted by molar-refractivity contribution is -0.0497. The predicted octanol–water partition coefficient (Wildman–Crippen LogP) is 4.68. The van der Waals surface area contributed by atoms with Crippen molar-refractivity contribution in [1.82, 2.24) is 35.4 Å². The molecule has 0 saturated heterocycles. The van der Waals surface area contributed by atoms with E-state index in [0.29, 0.717) is 64.7 Å². The average Bonchev–Trinajstić information content (AvgIpc) is 3.44. The second kappa shape index (κ2) is 10.7. The van der Waals surface area contributed by atoms with Crippen LogP contribution in [-0.2, 0) is 11.8 Å². The zero-order chi connectivity index (χ0) is 28.6. The third-order valence-electron chi connectivity index (χ3n) is 6.70. The van der Waals surface area contributed by atoms with Gasteiger partial charge >= 0.3 is 12.7 Å². The number of aromatic amines is 1. The van der Waals surface area contributed by atoms with Gasteiger partial charge in [0.15, 0.2) is 5.65 Å². The molecule has 0 spiro atoms. The van der Waals surface area contributed by atoms with Gasteiger partial charge in [0.25, 0.3) is 5.91 Å². The minimum absolute atomic E-state index is 0.00325. The van der Waals surface area contributed by atoms with Gasteiger partial charge < -0.3 is 25.1 Å². The van der Waals surface area contributed by atoms with E-state index in [1.165, 1.54) is 18.3 Å². The number of hydrogen-bond acceptors (Lipinski definition) is 7. The Morgan fingerprint density at radius 3 is 2.50 bits per heavy atom. The number of nitrogens with one attached hydrogen (secondary N) is 3. The number of nitrogens with zero attached hydrogens (tertiary/aromatic N) is 4. The van der Waals surface area contributed by atoms with Crippen LogP contribution in [0.2, 0.25) is 0 Å². The van der Waals surface area contributed by atoms with Gasteiger partial charge in [-0.1, -0.05) is 0 Å². The Bertz CT molecular complexity index is 1550. The number of hydrogen-bond donors (Lipinski definition) is 3. The Morgan fingerprint density at radius 1 is 1.12 bits per heavy atom. The zero-order valence-corrected chi connectivity index (χ0v) is 22.6. The zero-order valence-electron chi connectivity index (χ0n) is 22.6. The van der Waals surface area contributed by atoms with Crippen molar-refractivity contribution in [3.8, 4) is 17.1 Å². The van der Waals surface area contributed by atoms with Gasteiger partial charge in [-0.2, -0.15) is 13.9 Å². The maximum Gasteiger partial charge on any atom is 0.407 e. The van der Waals surface area contributed by atoms with Gasteiger partial charge in [-0.15, -0.1) is 0 Å². The summed E-state index contributed by atoms with van der Waals surface area (Å²) in [6.45, 7) is 2.50. The molecule has 13 heteroatoms. The van der Waals surface area contributed by atoms with E-state index < -0.39 is 18.3 Å². The van der Waals surface area contributed by atoms with Crippen LogP contribution in [0.4, 0.5) is 13.6 Å². The van der Waals surface area contributed by atoms with E-state index in [9.17, 15) is 18.4 Å². The molecule has 5 rings (SSSR count). The van der Waals surface area contributed by atoms with E-state index in [-0.39, 0.29) is 23.7 Å². The molecular weight excluding hydrogens is 524 g/mol. The van der Waals surface area contributed by atoms with Gasteiger partial charge in [-0.3, -0.25) is 9.48 Å². The first-order valence-corrected chi connectivity index (χ1v) is 13.0. The van der Waals surface area contributed by atoms with Crippen molar-refractivity contribution in [3.05, 3.63) is 36.2 Å². The van der Waals surface area contributed by atoms with Crippen LogP contribution < -0.4 is 15.4 Å². The number of carbonyl (C=O) groups excluding carboxylic acids is 2. The van der Waals surface area contributed by atoms with Crippen LogP contribution in [0.3, 0.4) is 0 Å². The van der Waals surface area contributed by atoms with Crippen LogP contribution in [0.5, 0.6) is 5.75 Å². The fourth-order valence-electron chi connectivity index (χ4n) is 4.91. The molecule has 1 fully saturated rings. The maximum absolute atomic E-state index is 13.2. The number of amides is 2. The predicted molar refractivity (Wildman–Crippen MR) is 143 cm³/mol. The monoisotopic (exact) mass is 555 g/mol.